The summed E-state index contributed by atoms with van der Waals surface area (Å²) in [6.07, 6.45) is 0.836. The van der Waals surface area contributed by atoms with Crippen LogP contribution in [-0.4, -0.2) is 27.8 Å². The quantitative estimate of drug-likeness (QED) is 0.706. The van der Waals surface area contributed by atoms with Crippen LogP contribution in [0.1, 0.15) is 53.6 Å². The smallest absolute Gasteiger partial charge is 0.256 e. The summed E-state index contributed by atoms with van der Waals surface area (Å²) in [4.78, 5) is 24.9. The number of phenolic OH excluding ortho intramolecular Hbond substituents is 1. The number of hydrogen-bond donors (Lipinski definition) is 3. The highest BCUT2D eigenvalue weighted by Crippen LogP contribution is 2.27. The first-order valence-electron chi connectivity index (χ1n) is 8.13. The molecule has 0 aliphatic heterocycles. The molecule has 26 heavy (non-hydrogen) atoms. The van der Waals surface area contributed by atoms with Crippen LogP contribution in [0.25, 0.3) is 0 Å². The first-order chi connectivity index (χ1) is 12.1. The SMILES string of the molecule is Cc1nsc(NC(=O)c2ccc(O)c(Cl)c2)c1C(=O)NCCC(C)(C)C. The fourth-order valence-electron chi connectivity index (χ4n) is 2.19. The highest BCUT2D eigenvalue weighted by Gasteiger charge is 2.21. The number of anilines is 1. The zero-order valence-electron chi connectivity index (χ0n) is 15.1. The molecule has 0 bridgehead atoms. The molecule has 0 aliphatic carbocycles. The van der Waals surface area contributed by atoms with Crippen LogP contribution in [-0.2, 0) is 0 Å². The fraction of sp³-hybridized carbons (Fsp3) is 0.389. The van der Waals surface area contributed by atoms with Gasteiger partial charge in [0.25, 0.3) is 11.8 Å². The Morgan fingerprint density at radius 2 is 1.96 bits per heavy atom. The molecule has 1 aromatic carbocycles. The van der Waals surface area contributed by atoms with Crippen LogP contribution in [0.15, 0.2) is 18.2 Å². The molecule has 2 aromatic rings. The highest BCUT2D eigenvalue weighted by molar-refractivity contribution is 7.11. The Hall–Kier alpha value is -2.12. The molecular formula is C18H22ClN3O3S. The molecule has 6 nitrogen and oxygen atoms in total. The van der Waals surface area contributed by atoms with E-state index in [-0.39, 0.29) is 27.7 Å². The Balaban J connectivity index is 2.12. The van der Waals surface area contributed by atoms with E-state index >= 15 is 0 Å². The van der Waals surface area contributed by atoms with Gasteiger partial charge in [0.1, 0.15) is 10.8 Å². The number of aromatic nitrogens is 1. The van der Waals surface area contributed by atoms with Crippen LogP contribution in [0.5, 0.6) is 5.75 Å². The molecule has 2 amide bonds. The van der Waals surface area contributed by atoms with E-state index in [1.165, 1.54) is 18.2 Å². The molecule has 0 saturated heterocycles. The molecule has 0 fully saturated rings. The van der Waals surface area contributed by atoms with Crippen LogP contribution < -0.4 is 10.6 Å². The van der Waals surface area contributed by atoms with Gasteiger partial charge in [0, 0.05) is 12.1 Å². The van der Waals surface area contributed by atoms with Gasteiger partial charge in [-0.3, -0.25) is 9.59 Å². The summed E-state index contributed by atoms with van der Waals surface area (Å²) >= 11 is 6.89. The van der Waals surface area contributed by atoms with E-state index in [2.05, 4.69) is 35.8 Å². The molecule has 2 rings (SSSR count). The summed E-state index contributed by atoms with van der Waals surface area (Å²) in [6, 6.07) is 4.16. The number of carbonyl (C=O) groups is 2. The average Bonchev–Trinajstić information content (AvgIpc) is 2.89. The van der Waals surface area contributed by atoms with Gasteiger partial charge >= 0.3 is 0 Å². The number of hydrogen-bond acceptors (Lipinski definition) is 5. The maximum absolute atomic E-state index is 12.5. The molecule has 0 atom stereocenters. The third-order valence-electron chi connectivity index (χ3n) is 3.69. The van der Waals surface area contributed by atoms with E-state index in [0.717, 1.165) is 18.0 Å². The van der Waals surface area contributed by atoms with Crippen molar-refractivity contribution in [1.82, 2.24) is 9.69 Å². The maximum atomic E-state index is 12.5. The normalized spacial score (nSPS) is 11.3. The average molecular weight is 396 g/mol. The van der Waals surface area contributed by atoms with Crippen molar-refractivity contribution in [3.05, 3.63) is 40.0 Å². The lowest BCUT2D eigenvalue weighted by atomic mass is 9.92. The van der Waals surface area contributed by atoms with Crippen LogP contribution >= 0.6 is 23.1 Å². The third kappa shape index (κ3) is 5.19. The van der Waals surface area contributed by atoms with Gasteiger partial charge in [0.15, 0.2) is 0 Å². The molecule has 1 aromatic heterocycles. The van der Waals surface area contributed by atoms with Crippen molar-refractivity contribution in [1.29, 1.82) is 0 Å². The number of aryl methyl sites for hydroxylation is 1. The molecule has 140 valence electrons. The van der Waals surface area contributed by atoms with Crippen LogP contribution in [0.4, 0.5) is 5.00 Å². The molecule has 0 aliphatic rings. The van der Waals surface area contributed by atoms with Crippen LogP contribution in [0.2, 0.25) is 5.02 Å². The molecule has 1 heterocycles. The Morgan fingerprint density at radius 3 is 2.58 bits per heavy atom. The minimum Gasteiger partial charge on any atom is -0.506 e. The minimum absolute atomic E-state index is 0.0817. The number of nitrogens with one attached hydrogen (secondary N) is 2. The lowest BCUT2D eigenvalue weighted by Gasteiger charge is -2.18. The molecule has 8 heteroatoms. The van der Waals surface area contributed by atoms with Crippen LogP contribution in [0, 0.1) is 12.3 Å². The maximum Gasteiger partial charge on any atom is 0.256 e. The molecule has 0 spiro atoms. The Labute approximate surface area is 161 Å². The standard InChI is InChI=1S/C18H22ClN3O3S/c1-10-14(16(25)20-8-7-18(2,3)4)17(26-22-10)21-15(24)11-5-6-13(23)12(19)9-11/h5-6,9,23H,7-8H2,1-4H3,(H,20,25)(H,21,24). The second kappa shape index (κ2) is 8.05. The molecule has 0 unspecified atom stereocenters. The van der Waals surface area contributed by atoms with Crippen molar-refractivity contribution in [3.8, 4) is 5.75 Å². The summed E-state index contributed by atoms with van der Waals surface area (Å²) in [6.45, 7) is 8.57. The predicted octanol–water partition coefficient (Wildman–Crippen LogP) is 4.23. The second-order valence-corrected chi connectivity index (χ2v) is 8.34. The number of benzene rings is 1. The van der Waals surface area contributed by atoms with E-state index in [9.17, 15) is 14.7 Å². The number of nitrogens with zero attached hydrogens (tertiary/aromatic N) is 1. The second-order valence-electron chi connectivity index (χ2n) is 7.16. The number of aromatic hydroxyl groups is 1. The van der Waals surface area contributed by atoms with Gasteiger partial charge in [-0.1, -0.05) is 32.4 Å². The Kier molecular flexibility index (Phi) is 6.26. The zero-order valence-corrected chi connectivity index (χ0v) is 16.7. The summed E-state index contributed by atoms with van der Waals surface area (Å²) in [7, 11) is 0. The molecular weight excluding hydrogens is 374 g/mol. The molecule has 3 N–H and O–H groups in total. The Morgan fingerprint density at radius 1 is 1.27 bits per heavy atom. The van der Waals surface area contributed by atoms with E-state index < -0.39 is 5.91 Å². The van der Waals surface area contributed by atoms with Gasteiger partial charge in [0.2, 0.25) is 0 Å². The topological polar surface area (TPSA) is 91.3 Å². The third-order valence-corrected chi connectivity index (χ3v) is 4.84. The van der Waals surface area contributed by atoms with Gasteiger partial charge in [-0.2, -0.15) is 4.37 Å². The largest absolute Gasteiger partial charge is 0.506 e. The predicted molar refractivity (Wildman–Crippen MR) is 104 cm³/mol. The number of phenols is 1. The van der Waals surface area contributed by atoms with Gasteiger partial charge in [-0.15, -0.1) is 0 Å². The Bertz CT molecular complexity index is 828. The van der Waals surface area contributed by atoms with E-state index in [1.807, 2.05) is 0 Å². The zero-order chi connectivity index (χ0) is 19.5. The van der Waals surface area contributed by atoms with Crippen LogP contribution in [0.3, 0.4) is 0 Å². The van der Waals surface area contributed by atoms with Gasteiger partial charge < -0.3 is 15.7 Å². The van der Waals surface area contributed by atoms with Crippen molar-refractivity contribution >= 4 is 39.9 Å². The van der Waals surface area contributed by atoms with E-state index in [0.29, 0.717) is 22.8 Å². The van der Waals surface area contributed by atoms with Crippen molar-refractivity contribution in [2.75, 3.05) is 11.9 Å². The van der Waals surface area contributed by atoms with Crippen molar-refractivity contribution in [2.45, 2.75) is 34.1 Å². The van der Waals surface area contributed by atoms with Crippen molar-refractivity contribution in [3.63, 3.8) is 0 Å². The van der Waals surface area contributed by atoms with Crippen molar-refractivity contribution < 1.29 is 14.7 Å². The monoisotopic (exact) mass is 395 g/mol. The highest BCUT2D eigenvalue weighted by atomic mass is 35.5. The van der Waals surface area contributed by atoms with Gasteiger partial charge in [-0.05, 0) is 48.5 Å². The summed E-state index contributed by atoms with van der Waals surface area (Å²) in [5.74, 6) is -0.797. The number of amides is 2. The lowest BCUT2D eigenvalue weighted by Crippen LogP contribution is -2.28. The van der Waals surface area contributed by atoms with E-state index in [1.54, 1.807) is 6.92 Å². The number of rotatable bonds is 5. The van der Waals surface area contributed by atoms with E-state index in [4.69, 9.17) is 11.6 Å². The molecule has 0 radical (unpaired) electrons. The number of halogens is 1. The first kappa shape index (κ1) is 20.2. The lowest BCUT2D eigenvalue weighted by molar-refractivity contribution is 0.0950. The van der Waals surface area contributed by atoms with Crippen molar-refractivity contribution in [2.24, 2.45) is 5.41 Å². The fourth-order valence-corrected chi connectivity index (χ4v) is 3.16. The molecule has 0 saturated carbocycles. The van der Waals surface area contributed by atoms with Gasteiger partial charge in [0.05, 0.1) is 16.3 Å². The summed E-state index contributed by atoms with van der Waals surface area (Å²) < 4.78 is 4.17. The first-order valence-corrected chi connectivity index (χ1v) is 9.28. The minimum atomic E-state index is -0.431. The summed E-state index contributed by atoms with van der Waals surface area (Å²) in [5.41, 5.74) is 1.31. The van der Waals surface area contributed by atoms with Gasteiger partial charge in [-0.25, -0.2) is 0 Å². The number of carbonyl (C=O) groups excluding carboxylic acids is 2. The summed E-state index contributed by atoms with van der Waals surface area (Å²) in [5, 5.41) is 15.5.